The van der Waals surface area contributed by atoms with Crippen LogP contribution in [0.25, 0.3) is 0 Å². The number of carbonyl (C=O) groups excluding carboxylic acids is 1. The van der Waals surface area contributed by atoms with Crippen LogP contribution in [0, 0.1) is 17.1 Å². The molecule has 0 bridgehead atoms. The molecule has 8 heteroatoms. The molecule has 6 nitrogen and oxygen atoms in total. The van der Waals surface area contributed by atoms with Crippen LogP contribution in [0.15, 0.2) is 55.0 Å². The van der Waals surface area contributed by atoms with Gasteiger partial charge in [-0.15, -0.1) is 0 Å². The molecule has 1 aliphatic heterocycles. The van der Waals surface area contributed by atoms with E-state index in [2.05, 4.69) is 9.97 Å². The molecule has 0 saturated carbocycles. The van der Waals surface area contributed by atoms with Gasteiger partial charge in [-0.25, -0.2) is 9.37 Å². The van der Waals surface area contributed by atoms with Gasteiger partial charge in [-0.2, -0.15) is 5.26 Å². The Morgan fingerprint density at radius 3 is 2.80 bits per heavy atom. The number of carbonyl (C=O) groups is 1. The number of aromatic nitrogens is 2. The van der Waals surface area contributed by atoms with Crippen LogP contribution in [0.2, 0.25) is 5.02 Å². The van der Waals surface area contributed by atoms with Gasteiger partial charge in [-0.3, -0.25) is 9.69 Å². The molecule has 1 aromatic heterocycles. The largest absolute Gasteiger partial charge is 0.347 e. The van der Waals surface area contributed by atoms with E-state index >= 15 is 0 Å². The minimum atomic E-state index is -0.428. The predicted octanol–water partition coefficient (Wildman–Crippen LogP) is 3.71. The van der Waals surface area contributed by atoms with Gasteiger partial charge in [0.15, 0.2) is 0 Å². The summed E-state index contributed by atoms with van der Waals surface area (Å²) in [5.41, 5.74) is 2.34. The van der Waals surface area contributed by atoms with Crippen LogP contribution in [-0.2, 0) is 11.2 Å². The zero-order valence-corrected chi connectivity index (χ0v) is 16.8. The molecular weight excluding hydrogens is 405 g/mol. The molecule has 152 valence electrons. The number of nitrogens with zero attached hydrogens (tertiary/aromatic N) is 4. The van der Waals surface area contributed by atoms with Crippen molar-refractivity contribution in [3.05, 3.63) is 82.6 Å². The van der Waals surface area contributed by atoms with E-state index in [0.29, 0.717) is 30.1 Å². The topological polar surface area (TPSA) is 76.0 Å². The second-order valence-corrected chi connectivity index (χ2v) is 7.58. The van der Waals surface area contributed by atoms with Crippen molar-refractivity contribution in [1.82, 2.24) is 14.9 Å². The lowest BCUT2D eigenvalue weighted by atomic mass is 9.99. The fourth-order valence-corrected chi connectivity index (χ4v) is 3.93. The summed E-state index contributed by atoms with van der Waals surface area (Å²) >= 11 is 6.07. The number of nitrogens with one attached hydrogen (secondary N) is 1. The number of halogens is 2. The highest BCUT2D eigenvalue weighted by Gasteiger charge is 2.31. The summed E-state index contributed by atoms with van der Waals surface area (Å²) < 4.78 is 14.5. The van der Waals surface area contributed by atoms with Crippen molar-refractivity contribution < 1.29 is 9.18 Å². The van der Waals surface area contributed by atoms with Gasteiger partial charge in [0.2, 0.25) is 5.91 Å². The van der Waals surface area contributed by atoms with E-state index in [-0.39, 0.29) is 24.1 Å². The molecule has 2 aromatic carbocycles. The van der Waals surface area contributed by atoms with E-state index in [4.69, 9.17) is 16.9 Å². The molecule has 1 saturated heterocycles. The fourth-order valence-electron chi connectivity index (χ4n) is 3.75. The van der Waals surface area contributed by atoms with Crippen molar-refractivity contribution in [2.45, 2.75) is 12.5 Å². The number of imidazole rings is 1. The van der Waals surface area contributed by atoms with Crippen molar-refractivity contribution >= 4 is 23.2 Å². The maximum atomic E-state index is 14.5. The molecule has 1 amide bonds. The van der Waals surface area contributed by atoms with Gasteiger partial charge in [0.1, 0.15) is 5.82 Å². The van der Waals surface area contributed by atoms with Crippen LogP contribution in [0.3, 0.4) is 0 Å². The SMILES string of the molecule is N#Cc1ccc(CC(c2cnc[nH]2)N2CCN(c3cccc(Cl)c3)C(=O)C2)c(F)c1. The molecule has 4 rings (SSSR count). The number of hydrogen-bond acceptors (Lipinski definition) is 4. The number of rotatable bonds is 5. The molecular formula is C22H19ClFN5O. The normalized spacial score (nSPS) is 15.8. The third-order valence-electron chi connectivity index (χ3n) is 5.28. The van der Waals surface area contributed by atoms with E-state index in [1.54, 1.807) is 41.7 Å². The molecule has 1 N–H and O–H groups in total. The van der Waals surface area contributed by atoms with E-state index in [9.17, 15) is 9.18 Å². The predicted molar refractivity (Wildman–Crippen MR) is 112 cm³/mol. The van der Waals surface area contributed by atoms with E-state index in [0.717, 1.165) is 11.4 Å². The number of hydrogen-bond donors (Lipinski definition) is 1. The molecule has 30 heavy (non-hydrogen) atoms. The first-order chi connectivity index (χ1) is 14.5. The number of nitriles is 1. The van der Waals surface area contributed by atoms with Crippen LogP contribution in [0.5, 0.6) is 0 Å². The Kier molecular flexibility index (Phi) is 5.79. The van der Waals surface area contributed by atoms with Crippen LogP contribution < -0.4 is 4.90 Å². The van der Waals surface area contributed by atoms with Crippen molar-refractivity contribution in [3.63, 3.8) is 0 Å². The quantitative estimate of drug-likeness (QED) is 0.678. The Morgan fingerprint density at radius 2 is 2.13 bits per heavy atom. The number of anilines is 1. The molecule has 0 aliphatic carbocycles. The Balaban J connectivity index is 1.56. The van der Waals surface area contributed by atoms with Crippen LogP contribution >= 0.6 is 11.6 Å². The van der Waals surface area contributed by atoms with Crippen LogP contribution in [-0.4, -0.2) is 40.4 Å². The molecule has 1 atom stereocenters. The van der Waals surface area contributed by atoms with Gasteiger partial charge < -0.3 is 9.88 Å². The summed E-state index contributed by atoms with van der Waals surface area (Å²) in [7, 11) is 0. The summed E-state index contributed by atoms with van der Waals surface area (Å²) in [4.78, 5) is 23.8. The number of benzene rings is 2. The Hall–Kier alpha value is -3.21. The number of amides is 1. The van der Waals surface area contributed by atoms with Crippen LogP contribution in [0.1, 0.15) is 22.9 Å². The molecule has 1 fully saturated rings. The highest BCUT2D eigenvalue weighted by Crippen LogP contribution is 2.28. The van der Waals surface area contributed by atoms with E-state index in [1.807, 2.05) is 23.1 Å². The van der Waals surface area contributed by atoms with Gasteiger partial charge in [0.25, 0.3) is 0 Å². The van der Waals surface area contributed by atoms with Gasteiger partial charge in [0.05, 0.1) is 36.2 Å². The Labute approximate surface area is 178 Å². The Morgan fingerprint density at radius 1 is 1.27 bits per heavy atom. The molecule has 3 aromatic rings. The lowest BCUT2D eigenvalue weighted by molar-refractivity contribution is -0.122. The smallest absolute Gasteiger partial charge is 0.241 e. The zero-order chi connectivity index (χ0) is 21.1. The number of aromatic amines is 1. The summed E-state index contributed by atoms with van der Waals surface area (Å²) in [6.45, 7) is 1.30. The summed E-state index contributed by atoms with van der Waals surface area (Å²) in [6.07, 6.45) is 3.62. The van der Waals surface area contributed by atoms with Crippen molar-refractivity contribution in [1.29, 1.82) is 5.26 Å². The second-order valence-electron chi connectivity index (χ2n) is 7.14. The second kappa shape index (κ2) is 8.66. The zero-order valence-electron chi connectivity index (χ0n) is 16.1. The lowest BCUT2D eigenvalue weighted by Crippen LogP contribution is -2.51. The first-order valence-electron chi connectivity index (χ1n) is 9.52. The molecule has 1 unspecified atom stereocenters. The molecule has 0 radical (unpaired) electrons. The lowest BCUT2D eigenvalue weighted by Gasteiger charge is -2.38. The number of H-pyrrole nitrogens is 1. The van der Waals surface area contributed by atoms with Gasteiger partial charge in [-0.05, 0) is 42.3 Å². The minimum absolute atomic E-state index is 0.0478. The third kappa shape index (κ3) is 4.20. The highest BCUT2D eigenvalue weighted by atomic mass is 35.5. The van der Waals surface area contributed by atoms with E-state index in [1.165, 1.54) is 6.07 Å². The van der Waals surface area contributed by atoms with Gasteiger partial charge in [-0.1, -0.05) is 23.7 Å². The Bertz CT molecular complexity index is 1100. The van der Waals surface area contributed by atoms with Gasteiger partial charge in [0, 0.05) is 30.0 Å². The summed E-state index contributed by atoms with van der Waals surface area (Å²) in [5, 5.41) is 9.54. The highest BCUT2D eigenvalue weighted by molar-refractivity contribution is 6.30. The maximum absolute atomic E-state index is 14.5. The van der Waals surface area contributed by atoms with E-state index < -0.39 is 5.82 Å². The maximum Gasteiger partial charge on any atom is 0.241 e. The van der Waals surface area contributed by atoms with Crippen LogP contribution in [0.4, 0.5) is 10.1 Å². The minimum Gasteiger partial charge on any atom is -0.347 e. The molecule has 2 heterocycles. The fraction of sp³-hybridized carbons (Fsp3) is 0.227. The van der Waals surface area contributed by atoms with Crippen molar-refractivity contribution in [2.75, 3.05) is 24.5 Å². The van der Waals surface area contributed by atoms with Crippen molar-refractivity contribution in [3.8, 4) is 6.07 Å². The molecule has 1 aliphatic rings. The first-order valence-corrected chi connectivity index (χ1v) is 9.89. The average Bonchev–Trinajstić information content (AvgIpc) is 3.27. The summed E-state index contributed by atoms with van der Waals surface area (Å²) in [5.74, 6) is -0.476. The average molecular weight is 424 g/mol. The monoisotopic (exact) mass is 423 g/mol. The third-order valence-corrected chi connectivity index (χ3v) is 5.52. The van der Waals surface area contributed by atoms with Gasteiger partial charge >= 0.3 is 0 Å². The molecule has 0 spiro atoms. The standard InChI is InChI=1S/C22H19ClFN5O/c23-17-2-1-3-18(10-17)29-7-6-28(13-22(29)30)21(20-12-26-14-27-20)9-16-5-4-15(11-25)8-19(16)24/h1-5,8,10,12,14,21H,6-7,9,13H2,(H,26,27). The van der Waals surface area contributed by atoms with Crippen molar-refractivity contribution in [2.24, 2.45) is 0 Å². The number of piperazine rings is 1. The first kappa shape index (κ1) is 20.1. The summed E-state index contributed by atoms with van der Waals surface area (Å²) in [6, 6.07) is 13.4.